The molecule has 0 bridgehead atoms. The topological polar surface area (TPSA) is 43.1 Å². The Morgan fingerprint density at radius 3 is 1.80 bits per heavy atom. The number of hydrogen-bond donors (Lipinski definition) is 2. The van der Waals surface area contributed by atoms with Crippen LogP contribution in [0.25, 0.3) is 0 Å². The first kappa shape index (κ1) is 9.16. The summed E-state index contributed by atoms with van der Waals surface area (Å²) in [5.74, 6) is 0. The fourth-order valence-corrected chi connectivity index (χ4v) is 0. The van der Waals surface area contributed by atoms with Gasteiger partial charge in [0.1, 0.15) is 0 Å². The molecule has 0 aromatic heterocycles. The van der Waals surface area contributed by atoms with Crippen LogP contribution >= 0.6 is 0 Å². The van der Waals surface area contributed by atoms with Gasteiger partial charge < -0.3 is 0 Å². The zero-order valence-corrected chi connectivity index (χ0v) is 4.45. The fraction of sp³-hybridized carbons (Fsp3) is 1.00. The van der Waals surface area contributed by atoms with Crippen LogP contribution in [0.5, 0.6) is 0 Å². The molecule has 0 amide bonds. The van der Waals surface area contributed by atoms with Crippen LogP contribution in [0.1, 0.15) is 7.43 Å². The molecule has 0 saturated heterocycles. The summed E-state index contributed by atoms with van der Waals surface area (Å²) < 4.78 is 9.31. The van der Waals surface area contributed by atoms with Gasteiger partial charge in [0.25, 0.3) is 0 Å². The summed E-state index contributed by atoms with van der Waals surface area (Å²) >= 11 is 2.19. The molecular formula is CH7NOSSe. The van der Waals surface area contributed by atoms with Gasteiger partial charge in [0, 0.05) is 0 Å². The van der Waals surface area contributed by atoms with Crippen molar-refractivity contribution in [3.63, 3.8) is 0 Å². The SMILES string of the molecule is C.N[SH](=O)=[Se]. The van der Waals surface area contributed by atoms with Gasteiger partial charge in [0.15, 0.2) is 0 Å². The van der Waals surface area contributed by atoms with E-state index >= 15 is 0 Å². The molecule has 1 unspecified atom stereocenters. The van der Waals surface area contributed by atoms with Gasteiger partial charge in [-0.1, -0.05) is 7.43 Å². The van der Waals surface area contributed by atoms with Gasteiger partial charge in [-0.25, -0.2) is 0 Å². The summed E-state index contributed by atoms with van der Waals surface area (Å²) in [4.78, 5) is 0. The maximum atomic E-state index is 9.31. The Kier molecular flexibility index (Phi) is 8.48. The van der Waals surface area contributed by atoms with Crippen LogP contribution in [0, 0.1) is 0 Å². The molecule has 0 aliphatic heterocycles. The Hall–Kier alpha value is 0.629. The fourth-order valence-electron chi connectivity index (χ4n) is 0. The van der Waals surface area contributed by atoms with Crippen LogP contribution in [-0.4, -0.2) is 18.6 Å². The molecule has 5 heavy (non-hydrogen) atoms. The first-order valence-electron chi connectivity index (χ1n) is 0.623. The van der Waals surface area contributed by atoms with Crippen LogP contribution in [0.3, 0.4) is 0 Å². The van der Waals surface area contributed by atoms with Crippen molar-refractivity contribution in [1.29, 1.82) is 0 Å². The molecule has 0 aliphatic rings. The third-order valence-corrected chi connectivity index (χ3v) is 0. The second kappa shape index (κ2) is 4.63. The normalized spacial score (nSPS) is 12.2. The molecule has 0 spiro atoms. The average Bonchev–Trinajstić information content (AvgIpc) is 0.811. The van der Waals surface area contributed by atoms with Crippen LogP contribution in [-0.2, 0) is 8.91 Å². The standard InChI is InChI=1S/CH4.H3NOSSe/c;1-3(2)4/h1H4;3H,(H2,1,2,4). The van der Waals surface area contributed by atoms with E-state index in [9.17, 15) is 4.21 Å². The van der Waals surface area contributed by atoms with E-state index in [-0.39, 0.29) is 7.43 Å². The van der Waals surface area contributed by atoms with Crippen molar-refractivity contribution >= 4 is 23.3 Å². The predicted octanol–water partition coefficient (Wildman–Crippen LogP) is -0.939. The van der Waals surface area contributed by atoms with Crippen LogP contribution in [0.2, 0.25) is 0 Å². The van der Waals surface area contributed by atoms with E-state index in [1.165, 1.54) is 0 Å². The molecule has 0 aliphatic carbocycles. The monoisotopic (exact) mass is 161 g/mol. The summed E-state index contributed by atoms with van der Waals surface area (Å²) in [6.07, 6.45) is 0. The summed E-state index contributed by atoms with van der Waals surface area (Å²) in [7, 11) is -1.50. The van der Waals surface area contributed by atoms with Gasteiger partial charge >= 0.3 is 32.6 Å². The van der Waals surface area contributed by atoms with Crippen LogP contribution in [0.15, 0.2) is 0 Å². The number of hydrogen-bond acceptors (Lipinski definition) is 1. The maximum absolute atomic E-state index is 9.31. The van der Waals surface area contributed by atoms with E-state index in [0.717, 1.165) is 0 Å². The van der Waals surface area contributed by atoms with E-state index in [2.05, 4.69) is 19.5 Å². The average molecular weight is 160 g/mol. The van der Waals surface area contributed by atoms with Crippen molar-refractivity contribution in [2.24, 2.45) is 5.14 Å². The molecule has 2 nitrogen and oxygen atoms in total. The number of rotatable bonds is 0. The minimum atomic E-state index is -1.50. The Labute approximate surface area is 40.6 Å². The van der Waals surface area contributed by atoms with Crippen molar-refractivity contribution in [3.8, 4) is 0 Å². The number of nitrogens with two attached hydrogens (primary N) is 1. The van der Waals surface area contributed by atoms with E-state index in [0.29, 0.717) is 0 Å². The number of thiol groups is 1. The van der Waals surface area contributed by atoms with Gasteiger partial charge in [-0.15, -0.1) is 0 Å². The summed E-state index contributed by atoms with van der Waals surface area (Å²) in [5, 5.41) is 4.56. The third-order valence-electron chi connectivity index (χ3n) is 0. The van der Waals surface area contributed by atoms with Gasteiger partial charge in [-0.3, -0.25) is 0 Å². The van der Waals surface area contributed by atoms with Crippen LogP contribution in [0.4, 0.5) is 0 Å². The Balaban J connectivity index is 0. The van der Waals surface area contributed by atoms with Crippen molar-refractivity contribution < 1.29 is 4.21 Å². The zero-order valence-electron chi connectivity index (χ0n) is 1.84. The minimum absolute atomic E-state index is 0. The van der Waals surface area contributed by atoms with Gasteiger partial charge in [0.05, 0.1) is 0 Å². The van der Waals surface area contributed by atoms with Crippen molar-refractivity contribution in [1.82, 2.24) is 0 Å². The van der Waals surface area contributed by atoms with Crippen molar-refractivity contribution in [2.75, 3.05) is 0 Å². The molecular weight excluding hydrogens is 153 g/mol. The molecule has 0 saturated carbocycles. The quantitative estimate of drug-likeness (QED) is 0.348. The van der Waals surface area contributed by atoms with Gasteiger partial charge in [-0.2, -0.15) is 0 Å². The van der Waals surface area contributed by atoms with E-state index in [1.807, 2.05) is 0 Å². The zero-order chi connectivity index (χ0) is 3.58. The summed E-state index contributed by atoms with van der Waals surface area (Å²) in [6, 6.07) is 0. The molecule has 0 radical (unpaired) electrons. The molecule has 2 N–H and O–H groups in total. The second-order valence-electron chi connectivity index (χ2n) is 0.285. The van der Waals surface area contributed by atoms with Gasteiger partial charge in [0.2, 0.25) is 0 Å². The van der Waals surface area contributed by atoms with Crippen molar-refractivity contribution in [3.05, 3.63) is 0 Å². The molecule has 34 valence electrons. The predicted molar refractivity (Wildman–Crippen MR) is 26.2 cm³/mol. The molecule has 1 atom stereocenters. The first-order chi connectivity index (χ1) is 1.73. The molecule has 0 fully saturated rings. The van der Waals surface area contributed by atoms with E-state index in [4.69, 9.17) is 0 Å². The molecule has 0 aromatic carbocycles. The third kappa shape index (κ3) is 80.8. The molecule has 0 heterocycles. The van der Waals surface area contributed by atoms with Crippen LogP contribution < -0.4 is 5.14 Å². The molecule has 0 aromatic rings. The van der Waals surface area contributed by atoms with E-state index in [1.54, 1.807) is 0 Å². The first-order valence-corrected chi connectivity index (χ1v) is 4.17. The van der Waals surface area contributed by atoms with Gasteiger partial charge in [-0.05, 0) is 0 Å². The molecule has 0 rings (SSSR count). The Morgan fingerprint density at radius 2 is 1.80 bits per heavy atom. The second-order valence-corrected chi connectivity index (χ2v) is 3.12. The summed E-state index contributed by atoms with van der Waals surface area (Å²) in [5.41, 5.74) is 0. The Bertz CT molecular complexity index is 60.0. The summed E-state index contributed by atoms with van der Waals surface area (Å²) in [6.45, 7) is 0. The van der Waals surface area contributed by atoms with E-state index < -0.39 is 8.91 Å². The van der Waals surface area contributed by atoms with Crippen molar-refractivity contribution in [2.45, 2.75) is 7.43 Å². The molecule has 4 heteroatoms. The Morgan fingerprint density at radius 1 is 1.80 bits per heavy atom.